The molecule has 0 radical (unpaired) electrons. The van der Waals surface area contributed by atoms with Crippen LogP contribution in [0, 0.1) is 18.3 Å². The Morgan fingerprint density at radius 2 is 1.81 bits per heavy atom. The van der Waals surface area contributed by atoms with Crippen LogP contribution in [0.4, 0.5) is 17.2 Å². The molecule has 0 bridgehead atoms. The second-order valence-electron chi connectivity index (χ2n) is 7.77. The molecule has 1 amide bonds. The molecule has 0 unspecified atom stereocenters. The van der Waals surface area contributed by atoms with E-state index in [-0.39, 0.29) is 34.3 Å². The van der Waals surface area contributed by atoms with Crippen molar-refractivity contribution in [3.8, 4) is 17.8 Å². The zero-order valence-corrected chi connectivity index (χ0v) is 19.0. The average Bonchev–Trinajstić information content (AvgIpc) is 3.32. The van der Waals surface area contributed by atoms with Crippen LogP contribution in [0.15, 0.2) is 89.5 Å². The molecule has 10 nitrogen and oxygen atoms in total. The first-order valence-electron chi connectivity index (χ1n) is 10.9. The Morgan fingerprint density at radius 3 is 2.58 bits per heavy atom. The summed E-state index contributed by atoms with van der Waals surface area (Å²) in [5.41, 5.74) is 1.76. The van der Waals surface area contributed by atoms with Gasteiger partial charge in [0.2, 0.25) is 0 Å². The maximum absolute atomic E-state index is 13.1. The Kier molecular flexibility index (Phi) is 5.86. The van der Waals surface area contributed by atoms with Crippen LogP contribution in [0.2, 0.25) is 0 Å². The normalized spacial score (nSPS) is 11.0. The molecular weight excluding hydrogens is 456 g/mol. The van der Waals surface area contributed by atoms with Crippen molar-refractivity contribution in [3.63, 3.8) is 0 Å². The van der Waals surface area contributed by atoms with Crippen molar-refractivity contribution in [3.05, 3.63) is 95.9 Å². The van der Waals surface area contributed by atoms with Gasteiger partial charge in [0.25, 0.3) is 11.9 Å². The van der Waals surface area contributed by atoms with Crippen LogP contribution in [0.1, 0.15) is 21.5 Å². The van der Waals surface area contributed by atoms with E-state index in [1.807, 2.05) is 37.3 Å². The Hall–Kier alpha value is -5.43. The number of nitriles is 1. The minimum absolute atomic E-state index is 0.0336. The highest BCUT2D eigenvalue weighted by Gasteiger charge is 2.20. The van der Waals surface area contributed by atoms with Gasteiger partial charge in [0.05, 0.1) is 11.8 Å². The smallest absolute Gasteiger partial charge is 0.259 e. The van der Waals surface area contributed by atoms with E-state index < -0.39 is 5.91 Å². The molecule has 0 aliphatic rings. The summed E-state index contributed by atoms with van der Waals surface area (Å²) in [6, 6.07) is 19.8. The number of fused-ring (bicyclic) bond motifs is 1. The lowest BCUT2D eigenvalue weighted by Gasteiger charge is -2.12. The van der Waals surface area contributed by atoms with Gasteiger partial charge in [-0.05, 0) is 36.1 Å². The van der Waals surface area contributed by atoms with Gasteiger partial charge in [-0.3, -0.25) is 4.79 Å². The summed E-state index contributed by atoms with van der Waals surface area (Å²) in [6.45, 7) is 1.88. The van der Waals surface area contributed by atoms with E-state index in [2.05, 4.69) is 30.6 Å². The number of amides is 1. The third-order valence-electron chi connectivity index (χ3n) is 5.48. The molecule has 5 aromatic rings. The number of hydrogen-bond acceptors (Lipinski definition) is 8. The van der Waals surface area contributed by atoms with Gasteiger partial charge < -0.3 is 10.4 Å². The number of rotatable bonds is 5. The molecule has 0 aliphatic heterocycles. The van der Waals surface area contributed by atoms with Crippen molar-refractivity contribution < 1.29 is 9.90 Å². The molecule has 0 spiro atoms. The van der Waals surface area contributed by atoms with Gasteiger partial charge in [0, 0.05) is 23.5 Å². The lowest BCUT2D eigenvalue weighted by atomic mass is 10.0. The topological polar surface area (TPSA) is 141 Å². The minimum Gasteiger partial charge on any atom is -0.505 e. The van der Waals surface area contributed by atoms with Crippen molar-refractivity contribution in [1.82, 2.24) is 19.7 Å². The second-order valence-corrected chi connectivity index (χ2v) is 7.77. The minimum atomic E-state index is -0.496. The Bertz CT molecular complexity index is 1670. The van der Waals surface area contributed by atoms with Gasteiger partial charge >= 0.3 is 0 Å². The summed E-state index contributed by atoms with van der Waals surface area (Å²) in [5, 5.41) is 37.4. The van der Waals surface area contributed by atoms with Crippen LogP contribution in [0.5, 0.6) is 5.75 Å². The van der Waals surface area contributed by atoms with Gasteiger partial charge in [0.15, 0.2) is 11.6 Å². The first kappa shape index (κ1) is 22.4. The standard InChI is InChI=1S/C26H18N8O2/c1-16-7-2-5-10-21(16)31-25(36)20-13-17-8-3-4-9-19(17)22(23(20)35)32-33-24-18(14-27)15-30-34(24)26-28-11-6-12-29-26/h2-13,15,35H,1H3,(H,31,36)/b33-32+. The Labute approximate surface area is 205 Å². The van der Waals surface area contributed by atoms with E-state index in [0.29, 0.717) is 16.5 Å². The van der Waals surface area contributed by atoms with Gasteiger partial charge in [-0.15, -0.1) is 10.2 Å². The highest BCUT2D eigenvalue weighted by molar-refractivity contribution is 6.11. The predicted octanol–water partition coefficient (Wildman–Crippen LogP) is 5.37. The summed E-state index contributed by atoms with van der Waals surface area (Å²) in [7, 11) is 0. The van der Waals surface area contributed by atoms with Gasteiger partial charge in [0.1, 0.15) is 17.3 Å². The van der Waals surface area contributed by atoms with Crippen LogP contribution >= 0.6 is 0 Å². The third-order valence-corrected chi connectivity index (χ3v) is 5.48. The number of benzene rings is 3. The van der Waals surface area contributed by atoms with Crippen LogP contribution in [0.25, 0.3) is 16.7 Å². The Balaban J connectivity index is 1.61. The van der Waals surface area contributed by atoms with Crippen molar-refractivity contribution in [2.45, 2.75) is 6.92 Å². The molecule has 174 valence electrons. The fourth-order valence-electron chi connectivity index (χ4n) is 3.66. The molecule has 10 heteroatoms. The summed E-state index contributed by atoms with van der Waals surface area (Å²) in [4.78, 5) is 21.4. The monoisotopic (exact) mass is 474 g/mol. The van der Waals surface area contributed by atoms with E-state index in [1.54, 1.807) is 36.4 Å². The summed E-state index contributed by atoms with van der Waals surface area (Å²) in [6.07, 6.45) is 4.40. The number of azo groups is 1. The van der Waals surface area contributed by atoms with Crippen molar-refractivity contribution in [2.24, 2.45) is 10.2 Å². The number of hydrogen-bond donors (Lipinski definition) is 2. The molecule has 0 atom stereocenters. The number of nitrogens with zero attached hydrogens (tertiary/aromatic N) is 7. The highest BCUT2D eigenvalue weighted by Crippen LogP contribution is 2.40. The zero-order valence-electron chi connectivity index (χ0n) is 19.0. The number of aromatic nitrogens is 4. The lowest BCUT2D eigenvalue weighted by molar-refractivity contribution is 0.102. The third kappa shape index (κ3) is 4.12. The van der Waals surface area contributed by atoms with Crippen molar-refractivity contribution >= 4 is 33.9 Å². The molecule has 3 aromatic carbocycles. The summed E-state index contributed by atoms with van der Waals surface area (Å²) in [5.74, 6) is -0.552. The number of carbonyl (C=O) groups is 1. The number of para-hydroxylation sites is 1. The number of aryl methyl sites for hydroxylation is 1. The number of anilines is 1. The molecule has 2 N–H and O–H groups in total. The second kappa shape index (κ2) is 9.44. The molecule has 36 heavy (non-hydrogen) atoms. The van der Waals surface area contributed by atoms with Gasteiger partial charge in [-0.25, -0.2) is 9.97 Å². The molecule has 2 aromatic heterocycles. The number of phenols is 1. The summed E-state index contributed by atoms with van der Waals surface area (Å²) < 4.78 is 1.27. The number of nitrogens with one attached hydrogen (secondary N) is 1. The van der Waals surface area contributed by atoms with Gasteiger partial charge in [-0.1, -0.05) is 42.5 Å². The van der Waals surface area contributed by atoms with E-state index >= 15 is 0 Å². The SMILES string of the molecule is Cc1ccccc1NC(=O)c1cc2ccccc2c(/N=N/c2c(C#N)cnn2-c2ncccn2)c1O. The Morgan fingerprint density at radius 1 is 1.06 bits per heavy atom. The summed E-state index contributed by atoms with van der Waals surface area (Å²) >= 11 is 0. The number of aromatic hydroxyl groups is 1. The van der Waals surface area contributed by atoms with E-state index in [0.717, 1.165) is 5.56 Å². The number of carbonyl (C=O) groups excluding carboxylic acids is 1. The zero-order chi connectivity index (χ0) is 25.1. The van der Waals surface area contributed by atoms with E-state index in [1.165, 1.54) is 23.3 Å². The van der Waals surface area contributed by atoms with Crippen LogP contribution in [-0.4, -0.2) is 30.8 Å². The molecular formula is C26H18N8O2. The van der Waals surface area contributed by atoms with Crippen molar-refractivity contribution in [1.29, 1.82) is 5.26 Å². The molecule has 5 rings (SSSR count). The maximum Gasteiger partial charge on any atom is 0.259 e. The quantitative estimate of drug-likeness (QED) is 0.328. The molecule has 0 saturated heterocycles. The highest BCUT2D eigenvalue weighted by atomic mass is 16.3. The predicted molar refractivity (Wildman–Crippen MR) is 133 cm³/mol. The maximum atomic E-state index is 13.1. The van der Waals surface area contributed by atoms with Gasteiger partial charge in [-0.2, -0.15) is 15.0 Å². The lowest BCUT2D eigenvalue weighted by Crippen LogP contribution is -2.13. The van der Waals surface area contributed by atoms with E-state index in [4.69, 9.17) is 0 Å². The number of phenolic OH excluding ortho intramolecular Hbond substituents is 1. The van der Waals surface area contributed by atoms with Crippen molar-refractivity contribution in [2.75, 3.05) is 5.32 Å². The fraction of sp³-hybridized carbons (Fsp3) is 0.0385. The van der Waals surface area contributed by atoms with Crippen LogP contribution in [0.3, 0.4) is 0 Å². The first-order valence-corrected chi connectivity index (χ1v) is 10.9. The van der Waals surface area contributed by atoms with Crippen LogP contribution < -0.4 is 5.32 Å². The fourth-order valence-corrected chi connectivity index (χ4v) is 3.66. The molecule has 2 heterocycles. The van der Waals surface area contributed by atoms with E-state index in [9.17, 15) is 15.2 Å². The largest absolute Gasteiger partial charge is 0.505 e. The average molecular weight is 474 g/mol. The molecule has 0 fully saturated rings. The first-order chi connectivity index (χ1) is 17.6. The molecule has 0 saturated carbocycles. The molecule has 0 aliphatic carbocycles. The van der Waals surface area contributed by atoms with Crippen LogP contribution in [-0.2, 0) is 0 Å².